The minimum atomic E-state index is -0.478. The number of anilines is 2. The summed E-state index contributed by atoms with van der Waals surface area (Å²) in [7, 11) is 0. The van der Waals surface area contributed by atoms with Gasteiger partial charge in [0.15, 0.2) is 5.82 Å². The summed E-state index contributed by atoms with van der Waals surface area (Å²) in [4.78, 5) is 13.4. The molecule has 1 aliphatic heterocycles. The van der Waals surface area contributed by atoms with Crippen LogP contribution in [0.2, 0.25) is 0 Å². The molecule has 0 saturated carbocycles. The first-order chi connectivity index (χ1) is 14.0. The normalized spacial score (nSPS) is 14.2. The number of aryl methyl sites for hydroxylation is 3. The molecule has 0 atom stereocenters. The molecule has 1 aliphatic rings. The summed E-state index contributed by atoms with van der Waals surface area (Å²) in [6, 6.07) is 10.7. The Bertz CT molecular complexity index is 1090. The predicted molar refractivity (Wildman–Crippen MR) is 109 cm³/mol. The summed E-state index contributed by atoms with van der Waals surface area (Å²) in [6.45, 7) is 8.62. The molecule has 3 heterocycles. The second-order valence-electron chi connectivity index (χ2n) is 7.19. The van der Waals surface area contributed by atoms with E-state index in [1.807, 2.05) is 48.6 Å². The molecule has 4 rings (SSSR count). The van der Waals surface area contributed by atoms with Crippen LogP contribution in [0.15, 0.2) is 30.3 Å². The number of nitriles is 1. The van der Waals surface area contributed by atoms with E-state index in [0.29, 0.717) is 37.7 Å². The van der Waals surface area contributed by atoms with Gasteiger partial charge in [0.2, 0.25) is 0 Å². The van der Waals surface area contributed by atoms with Crippen LogP contribution in [0.5, 0.6) is 0 Å². The zero-order valence-electron chi connectivity index (χ0n) is 16.7. The van der Waals surface area contributed by atoms with E-state index in [1.54, 1.807) is 12.1 Å². The Morgan fingerprint density at radius 2 is 1.66 bits per heavy atom. The van der Waals surface area contributed by atoms with Crippen molar-refractivity contribution in [1.82, 2.24) is 19.7 Å². The van der Waals surface area contributed by atoms with E-state index in [0.717, 1.165) is 23.0 Å². The van der Waals surface area contributed by atoms with E-state index < -0.39 is 5.82 Å². The van der Waals surface area contributed by atoms with Crippen molar-refractivity contribution in [3.63, 3.8) is 0 Å². The van der Waals surface area contributed by atoms with E-state index in [4.69, 9.17) is 0 Å². The van der Waals surface area contributed by atoms with Crippen molar-refractivity contribution in [2.24, 2.45) is 0 Å². The van der Waals surface area contributed by atoms with Crippen LogP contribution in [0.25, 0.3) is 5.82 Å². The smallest absolute Gasteiger partial charge is 0.159 e. The Kier molecular flexibility index (Phi) is 4.89. The van der Waals surface area contributed by atoms with E-state index in [9.17, 15) is 9.65 Å². The molecular weight excluding hydrogens is 369 g/mol. The van der Waals surface area contributed by atoms with Gasteiger partial charge in [-0.3, -0.25) is 0 Å². The van der Waals surface area contributed by atoms with Gasteiger partial charge in [-0.2, -0.15) is 10.4 Å². The van der Waals surface area contributed by atoms with Crippen molar-refractivity contribution >= 4 is 11.5 Å². The maximum atomic E-state index is 13.9. The molecule has 0 unspecified atom stereocenters. The zero-order valence-corrected chi connectivity index (χ0v) is 16.7. The average molecular weight is 391 g/mol. The molecule has 148 valence electrons. The number of piperazine rings is 1. The number of rotatable bonds is 3. The molecule has 1 aromatic carbocycles. The number of benzene rings is 1. The Balaban J connectivity index is 1.56. The zero-order chi connectivity index (χ0) is 20.5. The molecule has 3 aromatic rings. The second-order valence-corrected chi connectivity index (χ2v) is 7.19. The third-order valence-electron chi connectivity index (χ3n) is 5.09. The highest BCUT2D eigenvalue weighted by atomic mass is 19.1. The fraction of sp³-hybridized carbons (Fsp3) is 0.333. The lowest BCUT2D eigenvalue weighted by molar-refractivity contribution is 0.615. The Hall–Kier alpha value is -3.47. The van der Waals surface area contributed by atoms with Crippen LogP contribution < -0.4 is 9.80 Å². The van der Waals surface area contributed by atoms with Crippen molar-refractivity contribution in [1.29, 1.82) is 5.26 Å². The van der Waals surface area contributed by atoms with Gasteiger partial charge < -0.3 is 9.80 Å². The molecule has 0 bridgehead atoms. The molecule has 1 fully saturated rings. The van der Waals surface area contributed by atoms with Crippen LogP contribution >= 0.6 is 0 Å². The van der Waals surface area contributed by atoms with Crippen LogP contribution in [-0.4, -0.2) is 45.9 Å². The summed E-state index contributed by atoms with van der Waals surface area (Å²) in [5.74, 6) is 1.80. The van der Waals surface area contributed by atoms with Crippen LogP contribution in [-0.2, 0) is 0 Å². The van der Waals surface area contributed by atoms with Crippen LogP contribution in [0.4, 0.5) is 15.9 Å². The first-order valence-electron chi connectivity index (χ1n) is 9.54. The standard InChI is InChI=1S/C21H22FN7/c1-14-11-15(2)29(26-14)21-12-20(24-16(3)25-21)28-9-7-27(8-10-28)19-6-4-5-18(22)17(19)13-23/h4-6,11-12H,7-10H2,1-3H3. The largest absolute Gasteiger partial charge is 0.367 e. The monoisotopic (exact) mass is 391 g/mol. The van der Waals surface area contributed by atoms with Crippen molar-refractivity contribution in [2.75, 3.05) is 36.0 Å². The highest BCUT2D eigenvalue weighted by Gasteiger charge is 2.22. The molecule has 1 saturated heterocycles. The molecule has 0 N–H and O–H groups in total. The first-order valence-corrected chi connectivity index (χ1v) is 9.54. The van der Waals surface area contributed by atoms with Gasteiger partial charge in [-0.1, -0.05) is 6.07 Å². The van der Waals surface area contributed by atoms with Gasteiger partial charge >= 0.3 is 0 Å². The molecule has 0 amide bonds. The van der Waals surface area contributed by atoms with Crippen LogP contribution in [0, 0.1) is 37.9 Å². The quantitative estimate of drug-likeness (QED) is 0.684. The van der Waals surface area contributed by atoms with Crippen molar-refractivity contribution in [2.45, 2.75) is 20.8 Å². The van der Waals surface area contributed by atoms with Crippen molar-refractivity contribution in [3.8, 4) is 11.9 Å². The maximum Gasteiger partial charge on any atom is 0.159 e. The molecular formula is C21H22FN7. The number of halogens is 1. The number of hydrogen-bond donors (Lipinski definition) is 0. The van der Waals surface area contributed by atoms with E-state index in [2.05, 4.69) is 20.0 Å². The molecule has 2 aromatic heterocycles. The third-order valence-corrected chi connectivity index (χ3v) is 5.09. The summed E-state index contributed by atoms with van der Waals surface area (Å²) in [5.41, 5.74) is 2.71. The topological polar surface area (TPSA) is 73.9 Å². The molecule has 0 aliphatic carbocycles. The van der Waals surface area contributed by atoms with E-state index >= 15 is 0 Å². The molecule has 8 heteroatoms. The third kappa shape index (κ3) is 3.63. The lowest BCUT2D eigenvalue weighted by atomic mass is 10.1. The van der Waals surface area contributed by atoms with Crippen molar-refractivity contribution in [3.05, 3.63) is 58.9 Å². The maximum absolute atomic E-state index is 13.9. The Morgan fingerprint density at radius 1 is 0.966 bits per heavy atom. The number of hydrogen-bond acceptors (Lipinski definition) is 6. The minimum Gasteiger partial charge on any atom is -0.367 e. The van der Waals surface area contributed by atoms with Gasteiger partial charge in [0, 0.05) is 37.9 Å². The lowest BCUT2D eigenvalue weighted by Gasteiger charge is -2.37. The van der Waals surface area contributed by atoms with Gasteiger partial charge in [0.1, 0.15) is 29.1 Å². The number of aromatic nitrogens is 4. The minimum absolute atomic E-state index is 0.102. The Morgan fingerprint density at radius 3 is 2.31 bits per heavy atom. The average Bonchev–Trinajstić information content (AvgIpc) is 3.05. The van der Waals surface area contributed by atoms with Crippen LogP contribution in [0.1, 0.15) is 22.8 Å². The van der Waals surface area contributed by atoms with Crippen molar-refractivity contribution < 1.29 is 4.39 Å². The molecule has 0 spiro atoms. The summed E-state index contributed by atoms with van der Waals surface area (Å²) in [6.07, 6.45) is 0. The molecule has 0 radical (unpaired) electrons. The molecule has 7 nitrogen and oxygen atoms in total. The highest BCUT2D eigenvalue weighted by Crippen LogP contribution is 2.25. The SMILES string of the molecule is Cc1cc(C)n(-c2cc(N3CCN(c4cccc(F)c4C#N)CC3)nc(C)n2)n1. The first kappa shape index (κ1) is 18.9. The Labute approximate surface area is 169 Å². The fourth-order valence-electron chi connectivity index (χ4n) is 3.73. The predicted octanol–water partition coefficient (Wildman–Crippen LogP) is 2.92. The molecule has 29 heavy (non-hydrogen) atoms. The van der Waals surface area contributed by atoms with Gasteiger partial charge in [-0.15, -0.1) is 0 Å². The summed E-state index contributed by atoms with van der Waals surface area (Å²) < 4.78 is 15.8. The summed E-state index contributed by atoms with van der Waals surface area (Å²) in [5, 5.41) is 13.8. The highest BCUT2D eigenvalue weighted by molar-refractivity contribution is 5.61. The van der Waals surface area contributed by atoms with Gasteiger partial charge in [-0.05, 0) is 39.0 Å². The van der Waals surface area contributed by atoms with Gasteiger partial charge in [0.25, 0.3) is 0 Å². The fourth-order valence-corrected chi connectivity index (χ4v) is 3.73. The van der Waals surface area contributed by atoms with E-state index in [-0.39, 0.29) is 5.56 Å². The van der Waals surface area contributed by atoms with Gasteiger partial charge in [0.05, 0.1) is 11.4 Å². The van der Waals surface area contributed by atoms with E-state index in [1.165, 1.54) is 6.07 Å². The van der Waals surface area contributed by atoms with Gasteiger partial charge in [-0.25, -0.2) is 19.0 Å². The number of nitrogens with zero attached hydrogens (tertiary/aromatic N) is 7. The van der Waals surface area contributed by atoms with Crippen LogP contribution in [0.3, 0.4) is 0 Å². The second kappa shape index (κ2) is 7.51. The summed E-state index contributed by atoms with van der Waals surface area (Å²) >= 11 is 0. The lowest BCUT2D eigenvalue weighted by Crippen LogP contribution is -2.47.